The van der Waals surface area contributed by atoms with Gasteiger partial charge >= 0.3 is 17.1 Å². The van der Waals surface area contributed by atoms with Crippen LogP contribution in [0.1, 0.15) is 20.7 Å². The molecule has 0 fully saturated rings. The van der Waals surface area contributed by atoms with Crippen LogP contribution in [-0.4, -0.2) is 30.4 Å². The van der Waals surface area contributed by atoms with Gasteiger partial charge in [0.15, 0.2) is 0 Å². The molecular weight excluding hydrogens is 547 g/mol. The number of thiol groups is 2. The van der Waals surface area contributed by atoms with Crippen LogP contribution in [0.25, 0.3) is 0 Å². The zero-order chi connectivity index (χ0) is 19.4. The molecular formula is C14H14Cl2CuN6O2S4. The first kappa shape index (κ1) is 32.5. The Labute approximate surface area is 212 Å². The van der Waals surface area contributed by atoms with Gasteiger partial charge in [-0.05, 0) is 24.3 Å². The summed E-state index contributed by atoms with van der Waals surface area (Å²) < 4.78 is 0.421. The number of rotatable bonds is 2. The average Bonchev–Trinajstić information content (AvgIpc) is 2.66. The van der Waals surface area contributed by atoms with Gasteiger partial charge in [0.25, 0.3) is 11.8 Å². The fourth-order valence-electron chi connectivity index (χ4n) is 1.37. The predicted octanol–water partition coefficient (Wildman–Crippen LogP) is -4.93. The molecule has 0 aliphatic rings. The molecule has 8 nitrogen and oxygen atoms in total. The number of halogens is 2. The van der Waals surface area contributed by atoms with Gasteiger partial charge in [-0.2, -0.15) is 0 Å². The maximum Gasteiger partial charge on any atom is 2.00 e. The molecule has 0 aliphatic carbocycles. The van der Waals surface area contributed by atoms with Gasteiger partial charge in [0, 0.05) is 35.9 Å². The van der Waals surface area contributed by atoms with E-state index in [0.717, 1.165) is 0 Å². The van der Waals surface area contributed by atoms with E-state index in [2.05, 4.69) is 81.4 Å². The summed E-state index contributed by atoms with van der Waals surface area (Å²) in [5, 5.41) is 0. The molecule has 2 aromatic heterocycles. The van der Waals surface area contributed by atoms with E-state index in [1.807, 2.05) is 0 Å². The second-order valence-corrected chi connectivity index (χ2v) is 6.56. The SMILES string of the molecule is O=C(NNC(=S)S)c1ccncc1.O=C(NNC(=S)S)c1ccncc1.[Cl-].[Cl-].[Cu+2]. The quantitative estimate of drug-likeness (QED) is 0.0939. The zero-order valence-electron chi connectivity index (χ0n) is 14.1. The molecule has 0 saturated carbocycles. The van der Waals surface area contributed by atoms with Crippen molar-refractivity contribution in [2.45, 2.75) is 0 Å². The van der Waals surface area contributed by atoms with Crippen LogP contribution in [-0.2, 0) is 17.1 Å². The Morgan fingerprint density at radius 1 is 0.690 bits per heavy atom. The van der Waals surface area contributed by atoms with Crippen LogP contribution < -0.4 is 46.5 Å². The monoisotopic (exact) mass is 559 g/mol. The minimum absolute atomic E-state index is 0. The Bertz CT molecular complexity index is 712. The van der Waals surface area contributed by atoms with Gasteiger partial charge < -0.3 is 24.8 Å². The summed E-state index contributed by atoms with van der Waals surface area (Å²) in [7, 11) is 0. The Kier molecular flexibility index (Phi) is 21.1. The number of carbonyl (C=O) groups excluding carboxylic acids is 2. The molecule has 4 N–H and O–H groups in total. The van der Waals surface area contributed by atoms with E-state index in [-0.39, 0.29) is 62.3 Å². The second kappa shape index (κ2) is 18.8. The maximum atomic E-state index is 11.3. The van der Waals surface area contributed by atoms with Crippen molar-refractivity contribution in [3.63, 3.8) is 0 Å². The summed E-state index contributed by atoms with van der Waals surface area (Å²) in [6.45, 7) is 0. The van der Waals surface area contributed by atoms with Gasteiger partial charge in [-0.15, -0.1) is 25.3 Å². The molecule has 161 valence electrons. The molecule has 0 aromatic carbocycles. The molecule has 0 bridgehead atoms. The topological polar surface area (TPSA) is 108 Å². The van der Waals surface area contributed by atoms with Crippen molar-refractivity contribution in [2.24, 2.45) is 0 Å². The first-order valence-corrected chi connectivity index (χ1v) is 8.50. The van der Waals surface area contributed by atoms with Crippen LogP contribution >= 0.6 is 49.7 Å². The van der Waals surface area contributed by atoms with Crippen molar-refractivity contribution in [2.75, 3.05) is 0 Å². The Balaban J connectivity index is -0.000000422. The van der Waals surface area contributed by atoms with E-state index in [1.54, 1.807) is 24.3 Å². The fraction of sp³-hybridized carbons (Fsp3) is 0. The molecule has 1 radical (unpaired) electrons. The first-order valence-electron chi connectivity index (χ1n) is 6.78. The van der Waals surface area contributed by atoms with Crippen molar-refractivity contribution in [1.29, 1.82) is 0 Å². The largest absolute Gasteiger partial charge is 2.00 e. The van der Waals surface area contributed by atoms with E-state index in [9.17, 15) is 9.59 Å². The summed E-state index contributed by atoms with van der Waals surface area (Å²) in [6.07, 6.45) is 6.14. The number of nitrogens with zero attached hydrogens (tertiary/aromatic N) is 2. The molecule has 0 saturated heterocycles. The van der Waals surface area contributed by atoms with Gasteiger partial charge in [0.1, 0.15) is 8.64 Å². The van der Waals surface area contributed by atoms with Gasteiger partial charge in [-0.3, -0.25) is 41.3 Å². The summed E-state index contributed by atoms with van der Waals surface area (Å²) >= 11 is 16.7. The average molecular weight is 561 g/mol. The molecule has 2 aromatic rings. The van der Waals surface area contributed by atoms with E-state index >= 15 is 0 Å². The van der Waals surface area contributed by atoms with Crippen molar-refractivity contribution in [3.8, 4) is 0 Å². The van der Waals surface area contributed by atoms with Crippen LogP contribution in [0.4, 0.5) is 0 Å². The number of aromatic nitrogens is 2. The molecule has 0 atom stereocenters. The first-order chi connectivity index (χ1) is 12.4. The molecule has 15 heteroatoms. The third-order valence-electron chi connectivity index (χ3n) is 2.45. The standard InChI is InChI=1S/2C7H7N3OS2.2ClH.Cu/c2*11-6(9-10-7(12)13)5-1-3-8-4-2-5;;;/h2*1-4H,(H,9,11)(H2,10,12,13);2*1H;/q;;;;+2/p-2. The predicted molar refractivity (Wildman–Crippen MR) is 113 cm³/mol. The Hall–Kier alpha value is -1.18. The van der Waals surface area contributed by atoms with E-state index in [4.69, 9.17) is 0 Å². The summed E-state index contributed by atoms with van der Waals surface area (Å²) in [5.41, 5.74) is 10.6. The number of carbonyl (C=O) groups is 2. The molecule has 2 amide bonds. The van der Waals surface area contributed by atoms with Crippen molar-refractivity contribution >= 4 is 70.1 Å². The number of amides is 2. The van der Waals surface area contributed by atoms with Crippen molar-refractivity contribution < 1.29 is 51.5 Å². The smallest absolute Gasteiger partial charge is 1.00 e. The summed E-state index contributed by atoms with van der Waals surface area (Å²) in [6, 6.07) is 6.38. The Morgan fingerprint density at radius 2 is 0.966 bits per heavy atom. The van der Waals surface area contributed by atoms with Gasteiger partial charge in [0.05, 0.1) is 0 Å². The molecule has 2 heterocycles. The zero-order valence-corrected chi connectivity index (χ0v) is 20.0. The molecule has 0 unspecified atom stereocenters. The van der Waals surface area contributed by atoms with E-state index in [1.165, 1.54) is 24.8 Å². The summed E-state index contributed by atoms with van der Waals surface area (Å²) in [4.78, 5) is 30.1. The molecule has 29 heavy (non-hydrogen) atoms. The number of pyridine rings is 2. The van der Waals surface area contributed by atoms with Gasteiger partial charge in [-0.1, -0.05) is 24.4 Å². The Morgan fingerprint density at radius 3 is 1.21 bits per heavy atom. The molecule has 0 spiro atoms. The molecule has 2 rings (SSSR count). The third kappa shape index (κ3) is 15.3. The number of thiocarbonyl (C=S) groups is 2. The van der Waals surface area contributed by atoms with Crippen LogP contribution in [0.2, 0.25) is 0 Å². The number of nitrogens with one attached hydrogen (secondary N) is 4. The fourth-order valence-corrected chi connectivity index (χ4v) is 1.59. The van der Waals surface area contributed by atoms with E-state index in [0.29, 0.717) is 11.1 Å². The van der Waals surface area contributed by atoms with Crippen molar-refractivity contribution in [3.05, 3.63) is 60.2 Å². The number of hydrogen-bond donors (Lipinski definition) is 6. The van der Waals surface area contributed by atoms with Gasteiger partial charge in [-0.25, -0.2) is 0 Å². The second-order valence-electron chi connectivity index (χ2n) is 4.24. The van der Waals surface area contributed by atoms with Gasteiger partial charge in [0.2, 0.25) is 0 Å². The van der Waals surface area contributed by atoms with E-state index < -0.39 is 0 Å². The minimum atomic E-state index is -0.279. The molecule has 0 aliphatic heterocycles. The number of hydrogen-bond acceptors (Lipinski definition) is 6. The van der Waals surface area contributed by atoms with Crippen LogP contribution in [0.5, 0.6) is 0 Å². The maximum absolute atomic E-state index is 11.3. The van der Waals surface area contributed by atoms with Crippen LogP contribution in [0, 0.1) is 0 Å². The normalized spacial score (nSPS) is 8.07. The van der Waals surface area contributed by atoms with Crippen LogP contribution in [0.15, 0.2) is 49.1 Å². The minimum Gasteiger partial charge on any atom is -1.00 e. The van der Waals surface area contributed by atoms with Crippen LogP contribution in [0.3, 0.4) is 0 Å². The summed E-state index contributed by atoms with van der Waals surface area (Å²) in [5.74, 6) is -0.558. The number of hydrazine groups is 2. The van der Waals surface area contributed by atoms with Crippen molar-refractivity contribution in [1.82, 2.24) is 31.7 Å². The third-order valence-corrected chi connectivity index (χ3v) is 2.88.